The zero-order valence-corrected chi connectivity index (χ0v) is 15.4. The summed E-state index contributed by atoms with van der Waals surface area (Å²) in [5.74, 6) is -1.91. The number of sulfone groups is 1. The standard InChI is InChI=1S/C15H17N3O7S2/c16-9-1-4-12(14(7-9)26(21,22)6-5-15(19)20)18-10-2-3-11(17)13(8-10)27(23,24)25/h1-4,7-8,18H,5-6,16-17H2,(H,19,20)(H,23,24,25). The molecule has 0 amide bonds. The first-order valence-electron chi connectivity index (χ1n) is 7.38. The molecule has 27 heavy (non-hydrogen) atoms. The van der Waals surface area contributed by atoms with Crippen LogP contribution in [0.4, 0.5) is 22.7 Å². The van der Waals surface area contributed by atoms with E-state index in [2.05, 4.69) is 5.32 Å². The van der Waals surface area contributed by atoms with Gasteiger partial charge in [-0.1, -0.05) is 0 Å². The van der Waals surface area contributed by atoms with Gasteiger partial charge in [0.15, 0.2) is 9.84 Å². The number of carboxylic acid groups (broad SMARTS) is 1. The lowest BCUT2D eigenvalue weighted by Gasteiger charge is -2.14. The maximum atomic E-state index is 12.5. The molecule has 0 aromatic heterocycles. The Morgan fingerprint density at radius 3 is 2.26 bits per heavy atom. The van der Waals surface area contributed by atoms with E-state index in [9.17, 15) is 26.2 Å². The zero-order chi connectivity index (χ0) is 20.4. The van der Waals surface area contributed by atoms with Crippen LogP contribution in [0.15, 0.2) is 46.2 Å². The summed E-state index contributed by atoms with van der Waals surface area (Å²) in [5.41, 5.74) is 11.3. The highest BCUT2D eigenvalue weighted by molar-refractivity contribution is 7.91. The fraction of sp³-hybridized carbons (Fsp3) is 0.133. The monoisotopic (exact) mass is 415 g/mol. The van der Waals surface area contributed by atoms with E-state index < -0.39 is 43.0 Å². The minimum Gasteiger partial charge on any atom is -0.481 e. The number of aliphatic carboxylic acids is 1. The SMILES string of the molecule is Nc1ccc(Nc2ccc(N)c(S(=O)(=O)O)c2)c(S(=O)(=O)CCC(=O)O)c1. The molecule has 0 aliphatic heterocycles. The van der Waals surface area contributed by atoms with E-state index in [1.165, 1.54) is 30.3 Å². The Morgan fingerprint density at radius 1 is 1.00 bits per heavy atom. The average molecular weight is 415 g/mol. The molecule has 2 aromatic rings. The predicted molar refractivity (Wildman–Crippen MR) is 99.1 cm³/mol. The minimum absolute atomic E-state index is 0.0562. The molecule has 0 heterocycles. The van der Waals surface area contributed by atoms with Gasteiger partial charge >= 0.3 is 5.97 Å². The molecule has 0 fully saturated rings. The number of hydrogen-bond donors (Lipinski definition) is 5. The maximum Gasteiger partial charge on any atom is 0.304 e. The molecular weight excluding hydrogens is 398 g/mol. The number of nitrogens with two attached hydrogens (primary N) is 2. The summed E-state index contributed by atoms with van der Waals surface area (Å²) in [4.78, 5) is 9.90. The first-order valence-corrected chi connectivity index (χ1v) is 10.5. The Labute approximate surface area is 155 Å². The van der Waals surface area contributed by atoms with Crippen molar-refractivity contribution in [1.29, 1.82) is 0 Å². The minimum atomic E-state index is -4.58. The summed E-state index contributed by atoms with van der Waals surface area (Å²) in [7, 11) is -8.57. The first-order chi connectivity index (χ1) is 12.4. The number of nitrogen functional groups attached to an aromatic ring is 2. The van der Waals surface area contributed by atoms with E-state index in [0.29, 0.717) is 0 Å². The van der Waals surface area contributed by atoms with Crippen LogP contribution < -0.4 is 16.8 Å². The summed E-state index contributed by atoms with van der Waals surface area (Å²) >= 11 is 0. The van der Waals surface area contributed by atoms with Crippen LogP contribution in [-0.2, 0) is 24.7 Å². The van der Waals surface area contributed by atoms with Crippen LogP contribution in [0.25, 0.3) is 0 Å². The van der Waals surface area contributed by atoms with E-state index in [1.807, 2.05) is 0 Å². The Hall–Kier alpha value is -2.83. The fourth-order valence-electron chi connectivity index (χ4n) is 2.22. The smallest absolute Gasteiger partial charge is 0.304 e. The molecule has 0 saturated heterocycles. The largest absolute Gasteiger partial charge is 0.481 e. The highest BCUT2D eigenvalue weighted by atomic mass is 32.2. The third-order valence-corrected chi connectivity index (χ3v) is 6.15. The van der Waals surface area contributed by atoms with E-state index in [-0.39, 0.29) is 27.6 Å². The highest BCUT2D eigenvalue weighted by Crippen LogP contribution is 2.30. The van der Waals surface area contributed by atoms with Gasteiger partial charge in [-0.2, -0.15) is 8.42 Å². The predicted octanol–water partition coefficient (Wildman–Crippen LogP) is 1.09. The van der Waals surface area contributed by atoms with E-state index in [0.717, 1.165) is 6.07 Å². The normalized spacial score (nSPS) is 11.9. The van der Waals surface area contributed by atoms with Gasteiger partial charge in [-0.25, -0.2) is 8.42 Å². The lowest BCUT2D eigenvalue weighted by Crippen LogP contribution is -2.13. The second kappa shape index (κ2) is 7.42. The van der Waals surface area contributed by atoms with Crippen LogP contribution in [0.5, 0.6) is 0 Å². The third kappa shape index (κ3) is 5.09. The van der Waals surface area contributed by atoms with Crippen LogP contribution >= 0.6 is 0 Å². The lowest BCUT2D eigenvalue weighted by atomic mass is 10.2. The molecule has 2 rings (SSSR count). The number of hydrogen-bond acceptors (Lipinski definition) is 8. The quantitative estimate of drug-likeness (QED) is 0.323. The lowest BCUT2D eigenvalue weighted by molar-refractivity contribution is -0.136. The van der Waals surface area contributed by atoms with Gasteiger partial charge in [-0.15, -0.1) is 0 Å². The van der Waals surface area contributed by atoms with Crippen molar-refractivity contribution >= 4 is 48.7 Å². The number of rotatable bonds is 7. The van der Waals surface area contributed by atoms with Crippen LogP contribution in [0.2, 0.25) is 0 Å². The molecule has 0 aliphatic carbocycles. The van der Waals surface area contributed by atoms with Crippen molar-refractivity contribution in [3.63, 3.8) is 0 Å². The van der Waals surface area contributed by atoms with Gasteiger partial charge in [0, 0.05) is 11.4 Å². The average Bonchev–Trinajstić information content (AvgIpc) is 2.55. The summed E-state index contributed by atoms with van der Waals surface area (Å²) < 4.78 is 56.8. The molecule has 0 unspecified atom stereocenters. The topological polar surface area (TPSA) is 190 Å². The van der Waals surface area contributed by atoms with E-state index >= 15 is 0 Å². The molecule has 2 aromatic carbocycles. The van der Waals surface area contributed by atoms with Gasteiger partial charge in [-0.05, 0) is 36.4 Å². The number of carbonyl (C=O) groups is 1. The van der Waals surface area contributed by atoms with Crippen LogP contribution in [-0.4, -0.2) is 38.2 Å². The van der Waals surface area contributed by atoms with E-state index in [4.69, 9.17) is 16.6 Å². The van der Waals surface area contributed by atoms with Gasteiger partial charge in [0.05, 0.1) is 28.4 Å². The summed E-state index contributed by atoms with van der Waals surface area (Å²) in [6, 6.07) is 7.58. The van der Waals surface area contributed by atoms with Crippen LogP contribution in [0.3, 0.4) is 0 Å². The molecule has 0 bridgehead atoms. The van der Waals surface area contributed by atoms with Crippen LogP contribution in [0.1, 0.15) is 6.42 Å². The second-order valence-corrected chi connectivity index (χ2v) is 9.04. The van der Waals surface area contributed by atoms with Crippen molar-refractivity contribution in [3.05, 3.63) is 36.4 Å². The van der Waals surface area contributed by atoms with Gasteiger partial charge in [-0.3, -0.25) is 9.35 Å². The molecule has 0 saturated carbocycles. The molecule has 146 valence electrons. The Bertz CT molecular complexity index is 1100. The summed E-state index contributed by atoms with van der Waals surface area (Å²) in [5, 5.41) is 11.4. The summed E-state index contributed by atoms with van der Waals surface area (Å²) in [6.45, 7) is 0. The molecule has 0 atom stereocenters. The molecule has 12 heteroatoms. The Morgan fingerprint density at radius 2 is 1.67 bits per heavy atom. The molecule has 0 radical (unpaired) electrons. The first kappa shape index (κ1) is 20.5. The van der Waals surface area contributed by atoms with Crippen molar-refractivity contribution in [2.45, 2.75) is 16.2 Å². The van der Waals surface area contributed by atoms with Gasteiger partial charge in [0.1, 0.15) is 4.90 Å². The number of anilines is 4. The molecule has 10 nitrogen and oxygen atoms in total. The van der Waals surface area contributed by atoms with Gasteiger partial charge in [0.2, 0.25) is 0 Å². The van der Waals surface area contributed by atoms with Crippen molar-refractivity contribution in [2.24, 2.45) is 0 Å². The summed E-state index contributed by atoms with van der Waals surface area (Å²) in [6.07, 6.45) is -0.592. The van der Waals surface area contributed by atoms with Crippen molar-refractivity contribution in [2.75, 3.05) is 22.5 Å². The number of nitrogens with one attached hydrogen (secondary N) is 1. The molecule has 7 N–H and O–H groups in total. The zero-order valence-electron chi connectivity index (χ0n) is 13.8. The van der Waals surface area contributed by atoms with Crippen LogP contribution in [0, 0.1) is 0 Å². The molecule has 0 aliphatic rings. The van der Waals surface area contributed by atoms with Gasteiger partial charge < -0.3 is 21.9 Å². The number of benzene rings is 2. The second-order valence-electron chi connectivity index (χ2n) is 5.57. The number of carboxylic acids is 1. The van der Waals surface area contributed by atoms with E-state index in [1.54, 1.807) is 0 Å². The fourth-order valence-corrected chi connectivity index (χ4v) is 4.30. The van der Waals surface area contributed by atoms with Crippen molar-refractivity contribution < 1.29 is 31.3 Å². The molecule has 0 spiro atoms. The Balaban J connectivity index is 2.48. The third-order valence-electron chi connectivity index (χ3n) is 3.50. The molecular formula is C15H17N3O7S2. The van der Waals surface area contributed by atoms with Gasteiger partial charge in [0.25, 0.3) is 10.1 Å². The highest BCUT2D eigenvalue weighted by Gasteiger charge is 2.21. The maximum absolute atomic E-state index is 12.5. The van der Waals surface area contributed by atoms with Crippen molar-refractivity contribution in [1.82, 2.24) is 0 Å². The Kier molecular flexibility index (Phi) is 5.63. The van der Waals surface area contributed by atoms with Crippen molar-refractivity contribution in [3.8, 4) is 0 Å².